The second kappa shape index (κ2) is 11.2. The van der Waals surface area contributed by atoms with E-state index < -0.39 is 0 Å². The van der Waals surface area contributed by atoms with Gasteiger partial charge in [0.05, 0.1) is 27.8 Å². The summed E-state index contributed by atoms with van der Waals surface area (Å²) in [5, 5.41) is 10.3. The molecular weight excluding hydrogens is 653 g/mol. The Kier molecular flexibility index (Phi) is 6.51. The minimum Gasteiger partial charge on any atom is -0.309 e. The van der Waals surface area contributed by atoms with E-state index in [1.165, 1.54) is 112 Å². The molecule has 0 saturated carbocycles. The van der Waals surface area contributed by atoms with Crippen LogP contribution in [0.5, 0.6) is 0 Å². The highest BCUT2D eigenvalue weighted by atomic mass is 15.0. The van der Waals surface area contributed by atoms with Crippen LogP contribution in [0, 0.1) is 0 Å². The molecule has 2 aromatic heterocycles. The third kappa shape index (κ3) is 4.46. The van der Waals surface area contributed by atoms with Gasteiger partial charge in [-0.3, -0.25) is 0 Å². The molecule has 10 aromatic rings. The van der Waals surface area contributed by atoms with Crippen molar-refractivity contribution < 1.29 is 0 Å². The first-order chi connectivity index (χ1) is 26.3. The maximum Gasteiger partial charge on any atom is 0.0547 e. The fraction of sp³-hybridized carbons (Fsp3) is 0.154. The minimum absolute atomic E-state index is 0.0691. The molecule has 1 aliphatic carbocycles. The quantitative estimate of drug-likeness (QED) is 0.174. The number of benzene rings is 8. The van der Waals surface area contributed by atoms with Crippen molar-refractivity contribution in [3.05, 3.63) is 169 Å². The van der Waals surface area contributed by atoms with E-state index in [1.54, 1.807) is 0 Å². The summed E-state index contributed by atoms with van der Waals surface area (Å²) in [6.45, 7) is 9.74. The first-order valence-electron chi connectivity index (χ1n) is 19.4. The maximum absolute atomic E-state index is 2.58. The van der Waals surface area contributed by atoms with Crippen molar-refractivity contribution in [2.45, 2.75) is 51.4 Å². The molecular formula is C52H42N2. The summed E-state index contributed by atoms with van der Waals surface area (Å²) in [6, 6.07) is 59.0. The summed E-state index contributed by atoms with van der Waals surface area (Å²) >= 11 is 0. The molecule has 0 fully saturated rings. The topological polar surface area (TPSA) is 9.86 Å². The average molecular weight is 695 g/mol. The molecule has 2 nitrogen and oxygen atoms in total. The van der Waals surface area contributed by atoms with Crippen LogP contribution in [0.2, 0.25) is 0 Å². The summed E-state index contributed by atoms with van der Waals surface area (Å²) in [5.41, 5.74) is 13.1. The molecule has 0 bridgehead atoms. The summed E-state index contributed by atoms with van der Waals surface area (Å²) in [6.07, 6.45) is 2.37. The lowest BCUT2D eigenvalue weighted by Crippen LogP contribution is -2.35. The van der Waals surface area contributed by atoms with Crippen LogP contribution in [-0.2, 0) is 10.8 Å². The third-order valence-electron chi connectivity index (χ3n) is 12.7. The van der Waals surface area contributed by atoms with E-state index in [4.69, 9.17) is 0 Å². The van der Waals surface area contributed by atoms with Crippen LogP contribution < -0.4 is 0 Å². The molecule has 0 radical (unpaired) electrons. The smallest absolute Gasteiger partial charge is 0.0547 e. The largest absolute Gasteiger partial charge is 0.309 e. The second-order valence-corrected chi connectivity index (χ2v) is 16.8. The zero-order chi connectivity index (χ0) is 36.3. The zero-order valence-electron chi connectivity index (χ0n) is 31.3. The van der Waals surface area contributed by atoms with Crippen molar-refractivity contribution in [2.24, 2.45) is 0 Å². The van der Waals surface area contributed by atoms with Gasteiger partial charge in [0, 0.05) is 27.2 Å². The molecule has 0 amide bonds. The van der Waals surface area contributed by atoms with Crippen molar-refractivity contribution in [1.82, 2.24) is 9.13 Å². The van der Waals surface area contributed by atoms with Crippen molar-refractivity contribution >= 4 is 65.2 Å². The Labute approximate surface area is 315 Å². The van der Waals surface area contributed by atoms with Gasteiger partial charge in [0.25, 0.3) is 0 Å². The maximum atomic E-state index is 2.58. The highest BCUT2D eigenvalue weighted by Crippen LogP contribution is 2.50. The molecule has 2 heteroatoms. The second-order valence-electron chi connectivity index (χ2n) is 16.8. The molecule has 11 rings (SSSR count). The van der Waals surface area contributed by atoms with Crippen molar-refractivity contribution in [3.63, 3.8) is 0 Å². The van der Waals surface area contributed by atoms with Gasteiger partial charge in [-0.1, -0.05) is 125 Å². The fourth-order valence-electron chi connectivity index (χ4n) is 9.86. The number of fused-ring (bicyclic) bond motifs is 10. The van der Waals surface area contributed by atoms with Gasteiger partial charge in [0.15, 0.2) is 0 Å². The van der Waals surface area contributed by atoms with E-state index in [9.17, 15) is 0 Å². The van der Waals surface area contributed by atoms with Gasteiger partial charge in [0.2, 0.25) is 0 Å². The highest BCUT2D eigenvalue weighted by Gasteiger charge is 2.39. The van der Waals surface area contributed by atoms with Crippen molar-refractivity contribution in [3.8, 4) is 22.5 Å². The van der Waals surface area contributed by atoms with Crippen molar-refractivity contribution in [1.29, 1.82) is 0 Å². The Morgan fingerprint density at radius 3 is 1.80 bits per heavy atom. The number of nitrogens with zero attached hydrogens (tertiary/aromatic N) is 2. The normalized spacial score (nSPS) is 15.2. The molecule has 0 spiro atoms. The first-order valence-corrected chi connectivity index (χ1v) is 19.4. The third-order valence-corrected chi connectivity index (χ3v) is 12.7. The van der Waals surface area contributed by atoms with Gasteiger partial charge in [-0.25, -0.2) is 0 Å². The van der Waals surface area contributed by atoms with Crippen molar-refractivity contribution in [2.75, 3.05) is 0 Å². The SMILES string of the molecule is CC1(C)CCC(C)(C)c2c(-n3c4ccc(-c5ccc6c(c5)c5c7ccccc7ccc5n6-c5ccccc5)cc4c4cc5ccccc5cc43)cccc21. The first kappa shape index (κ1) is 31.4. The number of hydrogen-bond donors (Lipinski definition) is 0. The van der Waals surface area contributed by atoms with Crippen LogP contribution in [0.25, 0.3) is 87.7 Å². The Morgan fingerprint density at radius 1 is 0.407 bits per heavy atom. The van der Waals surface area contributed by atoms with Gasteiger partial charge in [-0.05, 0) is 128 Å². The number of aromatic nitrogens is 2. The fourth-order valence-corrected chi connectivity index (χ4v) is 9.86. The summed E-state index contributed by atoms with van der Waals surface area (Å²) in [4.78, 5) is 0. The predicted molar refractivity (Wildman–Crippen MR) is 231 cm³/mol. The van der Waals surface area contributed by atoms with Crippen LogP contribution in [0.1, 0.15) is 51.7 Å². The Balaban J connectivity index is 1.19. The van der Waals surface area contributed by atoms with Gasteiger partial charge in [-0.15, -0.1) is 0 Å². The lowest BCUT2D eigenvalue weighted by Gasteiger charge is -2.43. The van der Waals surface area contributed by atoms with Crippen LogP contribution in [0.4, 0.5) is 0 Å². The number of rotatable bonds is 3. The molecule has 0 atom stereocenters. The van der Waals surface area contributed by atoms with Crippen LogP contribution in [0.15, 0.2) is 158 Å². The van der Waals surface area contributed by atoms with E-state index in [1.807, 2.05) is 0 Å². The number of hydrogen-bond acceptors (Lipinski definition) is 0. The Hall–Kier alpha value is -6.12. The van der Waals surface area contributed by atoms with Crippen LogP contribution in [-0.4, -0.2) is 9.13 Å². The highest BCUT2D eigenvalue weighted by molar-refractivity contribution is 6.22. The molecule has 1 aliphatic rings. The molecule has 0 aliphatic heterocycles. The Bertz CT molecular complexity index is 3150. The van der Waals surface area contributed by atoms with Crippen LogP contribution >= 0.6 is 0 Å². The Morgan fingerprint density at radius 2 is 1.02 bits per heavy atom. The van der Waals surface area contributed by atoms with E-state index in [0.717, 1.165) is 0 Å². The average Bonchev–Trinajstić information content (AvgIpc) is 3.70. The molecule has 54 heavy (non-hydrogen) atoms. The monoisotopic (exact) mass is 694 g/mol. The van der Waals surface area contributed by atoms with E-state index in [2.05, 4.69) is 195 Å². The summed E-state index contributed by atoms with van der Waals surface area (Å²) in [7, 11) is 0. The minimum atomic E-state index is 0.0691. The standard InChI is InChI=1S/C52H42N2/c1-51(2)27-28-52(3,4)50-43(51)19-12-20-47(50)54-44-24-22-36(30-40(44)41-29-34-14-8-9-15-35(34)32-48(41)54)37-23-25-45-42(31-37)49-39-18-11-10-13-33(39)21-26-46(49)53(45)38-16-6-5-7-17-38/h5-26,29-32H,27-28H2,1-4H3. The van der Waals surface area contributed by atoms with Gasteiger partial charge >= 0.3 is 0 Å². The van der Waals surface area contributed by atoms with E-state index in [-0.39, 0.29) is 10.8 Å². The molecule has 0 saturated heterocycles. The lowest BCUT2D eigenvalue weighted by atomic mass is 9.62. The van der Waals surface area contributed by atoms with E-state index in [0.29, 0.717) is 0 Å². The molecule has 260 valence electrons. The lowest BCUT2D eigenvalue weighted by molar-refractivity contribution is 0.331. The predicted octanol–water partition coefficient (Wildman–Crippen LogP) is 14.2. The van der Waals surface area contributed by atoms with Gasteiger partial charge < -0.3 is 9.13 Å². The number of para-hydroxylation sites is 1. The van der Waals surface area contributed by atoms with Gasteiger partial charge in [-0.2, -0.15) is 0 Å². The van der Waals surface area contributed by atoms with Gasteiger partial charge in [0.1, 0.15) is 0 Å². The molecule has 0 unspecified atom stereocenters. The van der Waals surface area contributed by atoms with Crippen LogP contribution in [0.3, 0.4) is 0 Å². The zero-order valence-corrected chi connectivity index (χ0v) is 31.3. The molecule has 8 aromatic carbocycles. The summed E-state index contributed by atoms with van der Waals surface area (Å²) < 4.78 is 5.00. The molecule has 2 heterocycles. The summed E-state index contributed by atoms with van der Waals surface area (Å²) in [5.74, 6) is 0. The van der Waals surface area contributed by atoms with E-state index >= 15 is 0 Å². The molecule has 0 N–H and O–H groups in total.